The second-order valence-electron chi connectivity index (χ2n) is 4.07. The van der Waals surface area contributed by atoms with Crippen molar-refractivity contribution >= 4 is 21.8 Å². The molecule has 0 aliphatic carbocycles. The third-order valence-corrected chi connectivity index (χ3v) is 2.86. The number of rotatable bonds is 0. The lowest BCUT2D eigenvalue weighted by atomic mass is 10.2. The van der Waals surface area contributed by atoms with Crippen molar-refractivity contribution in [1.29, 1.82) is 0 Å². The normalized spacial score (nSPS) is 10.3. The van der Waals surface area contributed by atoms with E-state index in [9.17, 15) is 4.79 Å². The van der Waals surface area contributed by atoms with E-state index in [1.54, 1.807) is 0 Å². The molecule has 4 nitrogen and oxygen atoms in total. The summed E-state index contributed by atoms with van der Waals surface area (Å²) in [6, 6.07) is 16.8. The Morgan fingerprint density at radius 2 is 1.42 bits per heavy atom. The summed E-state index contributed by atoms with van der Waals surface area (Å²) in [7, 11) is 0. The molecule has 0 radical (unpaired) electrons. The van der Waals surface area contributed by atoms with Gasteiger partial charge in [0, 0.05) is 28.0 Å². The van der Waals surface area contributed by atoms with E-state index in [0.717, 1.165) is 0 Å². The van der Waals surface area contributed by atoms with Gasteiger partial charge >= 0.3 is 5.76 Å². The predicted octanol–water partition coefficient (Wildman–Crippen LogP) is 3.29. The van der Waals surface area contributed by atoms with Gasteiger partial charge in [-0.1, -0.05) is 36.4 Å². The fraction of sp³-hybridized carbons (Fsp3) is 0. The molecule has 94 valence electrons. The van der Waals surface area contributed by atoms with Crippen LogP contribution in [-0.2, 0) is 0 Å². The smallest absolute Gasteiger partial charge is 0.416 e. The number of aromatic nitrogens is 2. The molecule has 0 fully saturated rings. The quantitative estimate of drug-likeness (QED) is 0.504. The molecule has 2 aromatic heterocycles. The van der Waals surface area contributed by atoms with Crippen molar-refractivity contribution in [2.45, 2.75) is 0 Å². The zero-order valence-electron chi connectivity index (χ0n) is 10.1. The molecule has 0 spiro atoms. The van der Waals surface area contributed by atoms with Crippen LogP contribution >= 0.6 is 0 Å². The number of oxazole rings is 1. The maximum absolute atomic E-state index is 9.85. The molecule has 4 heteroatoms. The number of hydrogen-bond donors (Lipinski definition) is 2. The minimum absolute atomic E-state index is 0.407. The van der Waals surface area contributed by atoms with Crippen molar-refractivity contribution in [3.8, 4) is 0 Å². The Kier molecular flexibility index (Phi) is 2.90. The fourth-order valence-corrected chi connectivity index (χ4v) is 2.03. The van der Waals surface area contributed by atoms with Crippen molar-refractivity contribution in [2.75, 3.05) is 0 Å². The van der Waals surface area contributed by atoms with Crippen LogP contribution in [0.25, 0.3) is 21.8 Å². The SMILES string of the molecule is O=c1[nH]cco1.c1ccc2c(c1)[nH]c1ccccc12. The molecule has 0 saturated carbocycles. The van der Waals surface area contributed by atoms with Crippen molar-refractivity contribution in [3.63, 3.8) is 0 Å². The molecular weight excluding hydrogens is 240 g/mol. The van der Waals surface area contributed by atoms with Crippen LogP contribution in [0, 0.1) is 0 Å². The minimum Gasteiger partial charge on any atom is -0.417 e. The van der Waals surface area contributed by atoms with Crippen molar-refractivity contribution in [2.24, 2.45) is 0 Å². The summed E-state index contributed by atoms with van der Waals surface area (Å²) in [5, 5.41) is 2.61. The number of aromatic amines is 2. The first-order valence-corrected chi connectivity index (χ1v) is 5.92. The second kappa shape index (κ2) is 4.86. The summed E-state index contributed by atoms with van der Waals surface area (Å²) in [5.74, 6) is -0.407. The lowest BCUT2D eigenvalue weighted by molar-refractivity contribution is 0.515. The Balaban J connectivity index is 0.000000155. The van der Waals surface area contributed by atoms with Crippen LogP contribution in [-0.4, -0.2) is 9.97 Å². The van der Waals surface area contributed by atoms with Crippen LogP contribution in [0.15, 0.2) is 70.2 Å². The lowest BCUT2D eigenvalue weighted by Crippen LogP contribution is -1.91. The molecule has 4 rings (SSSR count). The van der Waals surface area contributed by atoms with E-state index < -0.39 is 5.76 Å². The van der Waals surface area contributed by atoms with Gasteiger partial charge in [0.05, 0.1) is 0 Å². The molecule has 2 aromatic carbocycles. The van der Waals surface area contributed by atoms with E-state index in [0.29, 0.717) is 0 Å². The summed E-state index contributed by atoms with van der Waals surface area (Å²) in [4.78, 5) is 15.5. The van der Waals surface area contributed by atoms with E-state index in [4.69, 9.17) is 0 Å². The Hall–Kier alpha value is -2.75. The molecule has 0 atom stereocenters. The summed E-state index contributed by atoms with van der Waals surface area (Å²) in [6.45, 7) is 0. The number of hydrogen-bond acceptors (Lipinski definition) is 2. The fourth-order valence-electron chi connectivity index (χ4n) is 2.03. The van der Waals surface area contributed by atoms with Gasteiger partial charge in [0.1, 0.15) is 6.26 Å². The molecule has 0 aliphatic heterocycles. The van der Waals surface area contributed by atoms with Gasteiger partial charge in [-0.3, -0.25) is 4.98 Å². The van der Waals surface area contributed by atoms with Crippen molar-refractivity contribution < 1.29 is 4.42 Å². The first-order valence-electron chi connectivity index (χ1n) is 5.92. The summed E-state index contributed by atoms with van der Waals surface area (Å²) in [5.41, 5.74) is 2.42. The van der Waals surface area contributed by atoms with Gasteiger partial charge in [0.2, 0.25) is 0 Å². The Bertz CT molecular complexity index is 788. The minimum atomic E-state index is -0.407. The number of benzene rings is 2. The molecule has 0 unspecified atom stereocenters. The zero-order valence-corrected chi connectivity index (χ0v) is 10.1. The maximum atomic E-state index is 9.85. The van der Waals surface area contributed by atoms with Gasteiger partial charge in [-0.15, -0.1) is 0 Å². The highest BCUT2D eigenvalue weighted by atomic mass is 16.4. The second-order valence-corrected chi connectivity index (χ2v) is 4.07. The van der Waals surface area contributed by atoms with Gasteiger partial charge in [-0.2, -0.15) is 0 Å². The van der Waals surface area contributed by atoms with E-state index in [2.05, 4.69) is 62.9 Å². The zero-order chi connectivity index (χ0) is 13.1. The maximum Gasteiger partial charge on any atom is 0.416 e. The average molecular weight is 252 g/mol. The van der Waals surface area contributed by atoms with Gasteiger partial charge in [0.25, 0.3) is 0 Å². The van der Waals surface area contributed by atoms with E-state index in [1.165, 1.54) is 34.3 Å². The van der Waals surface area contributed by atoms with Crippen molar-refractivity contribution in [1.82, 2.24) is 9.97 Å². The molecular formula is C15H12N2O2. The summed E-state index contributed by atoms with van der Waals surface area (Å²) < 4.78 is 4.22. The van der Waals surface area contributed by atoms with Crippen LogP contribution < -0.4 is 5.76 Å². The highest BCUT2D eigenvalue weighted by Gasteiger charge is 2.00. The lowest BCUT2D eigenvalue weighted by Gasteiger charge is -1.87. The first-order chi connectivity index (χ1) is 9.34. The Morgan fingerprint density at radius 3 is 1.84 bits per heavy atom. The molecule has 0 saturated heterocycles. The average Bonchev–Trinajstić information content (AvgIpc) is 3.06. The number of fused-ring (bicyclic) bond motifs is 3. The molecule has 4 aromatic rings. The monoisotopic (exact) mass is 252 g/mol. The third-order valence-electron chi connectivity index (χ3n) is 2.86. The molecule has 2 N–H and O–H groups in total. The summed E-state index contributed by atoms with van der Waals surface area (Å²) >= 11 is 0. The highest BCUT2D eigenvalue weighted by Crippen LogP contribution is 2.24. The topological polar surface area (TPSA) is 61.8 Å². The van der Waals surface area contributed by atoms with Crippen LogP contribution in [0.5, 0.6) is 0 Å². The van der Waals surface area contributed by atoms with Gasteiger partial charge in [-0.05, 0) is 12.1 Å². The molecule has 0 amide bonds. The highest BCUT2D eigenvalue weighted by molar-refractivity contribution is 6.06. The van der Waals surface area contributed by atoms with Crippen LogP contribution in [0.3, 0.4) is 0 Å². The van der Waals surface area contributed by atoms with Gasteiger partial charge < -0.3 is 9.40 Å². The van der Waals surface area contributed by atoms with E-state index in [-0.39, 0.29) is 0 Å². The van der Waals surface area contributed by atoms with Crippen LogP contribution in [0.2, 0.25) is 0 Å². The van der Waals surface area contributed by atoms with Crippen molar-refractivity contribution in [3.05, 3.63) is 71.5 Å². The molecule has 19 heavy (non-hydrogen) atoms. The Morgan fingerprint density at radius 1 is 0.842 bits per heavy atom. The number of para-hydroxylation sites is 2. The largest absolute Gasteiger partial charge is 0.417 e. The summed E-state index contributed by atoms with van der Waals surface area (Å²) in [6.07, 6.45) is 2.73. The number of H-pyrrole nitrogens is 2. The first kappa shape index (κ1) is 11.3. The molecule has 0 bridgehead atoms. The van der Waals surface area contributed by atoms with E-state index in [1.807, 2.05) is 0 Å². The van der Waals surface area contributed by atoms with Gasteiger partial charge in [-0.25, -0.2) is 4.79 Å². The molecule has 0 aliphatic rings. The molecule has 2 heterocycles. The number of nitrogens with one attached hydrogen (secondary N) is 2. The van der Waals surface area contributed by atoms with Crippen LogP contribution in [0.1, 0.15) is 0 Å². The third kappa shape index (κ3) is 2.28. The van der Waals surface area contributed by atoms with E-state index >= 15 is 0 Å². The van der Waals surface area contributed by atoms with Crippen LogP contribution in [0.4, 0.5) is 0 Å². The Labute approximate surface area is 108 Å². The van der Waals surface area contributed by atoms with Gasteiger partial charge in [0.15, 0.2) is 0 Å². The predicted molar refractivity (Wildman–Crippen MR) is 75.1 cm³/mol. The standard InChI is InChI=1S/C12H9N.C3H3NO2/c1-3-7-11-9(5-1)10-6-2-4-8-12(10)13-11;5-3-4-1-2-6-3/h1-8,13H;1-2H,(H,4,5).